The minimum absolute atomic E-state index is 0.222. The largest absolute Gasteiger partial charge is 0.366 e. The standard InChI is InChI=1S/C19H19FN4/c1-24(14-15-7-3-2-4-8-15)19-21-12-11-18(23-19)22-13-16-9-5-6-10-17(16)20/h2-12H,13-14H2,1H3,(H,21,22,23). The van der Waals surface area contributed by atoms with Gasteiger partial charge in [-0.2, -0.15) is 4.98 Å². The number of aromatic nitrogens is 2. The van der Waals surface area contributed by atoms with E-state index in [4.69, 9.17) is 0 Å². The van der Waals surface area contributed by atoms with Crippen molar-refractivity contribution in [2.24, 2.45) is 0 Å². The Kier molecular flexibility index (Phi) is 5.01. The van der Waals surface area contributed by atoms with Crippen molar-refractivity contribution in [3.8, 4) is 0 Å². The lowest BCUT2D eigenvalue weighted by Gasteiger charge is -2.17. The molecule has 4 nitrogen and oxygen atoms in total. The van der Waals surface area contributed by atoms with Crippen molar-refractivity contribution < 1.29 is 4.39 Å². The maximum absolute atomic E-state index is 13.7. The van der Waals surface area contributed by atoms with Crippen LogP contribution in [0.3, 0.4) is 0 Å². The van der Waals surface area contributed by atoms with Gasteiger partial charge in [-0.25, -0.2) is 9.37 Å². The van der Waals surface area contributed by atoms with E-state index in [9.17, 15) is 4.39 Å². The topological polar surface area (TPSA) is 41.1 Å². The fraction of sp³-hybridized carbons (Fsp3) is 0.158. The predicted molar refractivity (Wildman–Crippen MR) is 94.3 cm³/mol. The molecule has 0 atom stereocenters. The maximum atomic E-state index is 13.7. The summed E-state index contributed by atoms with van der Waals surface area (Å²) in [6.07, 6.45) is 1.70. The zero-order valence-corrected chi connectivity index (χ0v) is 13.5. The van der Waals surface area contributed by atoms with E-state index in [1.165, 1.54) is 11.6 Å². The smallest absolute Gasteiger partial charge is 0.227 e. The van der Waals surface area contributed by atoms with Crippen LogP contribution in [0, 0.1) is 5.82 Å². The van der Waals surface area contributed by atoms with Crippen LogP contribution >= 0.6 is 0 Å². The SMILES string of the molecule is CN(Cc1ccccc1)c1nccc(NCc2ccccc2F)n1. The van der Waals surface area contributed by atoms with Gasteiger partial charge in [0, 0.05) is 31.9 Å². The molecule has 0 spiro atoms. The van der Waals surface area contributed by atoms with Crippen LogP contribution < -0.4 is 10.2 Å². The molecule has 0 aliphatic carbocycles. The normalized spacial score (nSPS) is 10.4. The summed E-state index contributed by atoms with van der Waals surface area (Å²) in [4.78, 5) is 10.8. The van der Waals surface area contributed by atoms with Crippen molar-refractivity contribution in [3.05, 3.63) is 83.8 Å². The highest BCUT2D eigenvalue weighted by atomic mass is 19.1. The van der Waals surface area contributed by atoms with E-state index in [1.54, 1.807) is 24.4 Å². The number of rotatable bonds is 6. The molecule has 0 bridgehead atoms. The van der Waals surface area contributed by atoms with E-state index in [0.717, 1.165) is 6.54 Å². The predicted octanol–water partition coefficient (Wildman–Crippen LogP) is 3.86. The van der Waals surface area contributed by atoms with Gasteiger partial charge in [-0.05, 0) is 17.7 Å². The molecule has 3 rings (SSSR count). The number of anilines is 2. The first-order valence-electron chi connectivity index (χ1n) is 7.78. The van der Waals surface area contributed by atoms with Crippen LogP contribution in [0.1, 0.15) is 11.1 Å². The Bertz CT molecular complexity index is 792. The van der Waals surface area contributed by atoms with E-state index >= 15 is 0 Å². The van der Waals surface area contributed by atoms with Gasteiger partial charge in [0.15, 0.2) is 0 Å². The number of hydrogen-bond donors (Lipinski definition) is 1. The summed E-state index contributed by atoms with van der Waals surface area (Å²) < 4.78 is 13.7. The molecule has 122 valence electrons. The third-order valence-corrected chi connectivity index (χ3v) is 3.66. The molecule has 0 aliphatic heterocycles. The zero-order chi connectivity index (χ0) is 16.8. The molecule has 0 amide bonds. The van der Waals surface area contributed by atoms with Crippen LogP contribution in [0.25, 0.3) is 0 Å². The number of benzene rings is 2. The van der Waals surface area contributed by atoms with Gasteiger partial charge < -0.3 is 10.2 Å². The van der Waals surface area contributed by atoms with E-state index in [0.29, 0.717) is 23.9 Å². The number of halogens is 1. The first-order chi connectivity index (χ1) is 11.7. The molecule has 3 aromatic rings. The summed E-state index contributed by atoms with van der Waals surface area (Å²) >= 11 is 0. The van der Waals surface area contributed by atoms with Crippen molar-refractivity contribution in [1.82, 2.24) is 9.97 Å². The highest BCUT2D eigenvalue weighted by Crippen LogP contribution is 2.14. The molecule has 24 heavy (non-hydrogen) atoms. The van der Waals surface area contributed by atoms with Crippen LogP contribution in [0.15, 0.2) is 66.9 Å². The van der Waals surface area contributed by atoms with Gasteiger partial charge in [0.1, 0.15) is 11.6 Å². The first kappa shape index (κ1) is 15.9. The second-order valence-corrected chi connectivity index (χ2v) is 5.53. The van der Waals surface area contributed by atoms with Gasteiger partial charge in [-0.15, -0.1) is 0 Å². The van der Waals surface area contributed by atoms with Crippen LogP contribution in [-0.4, -0.2) is 17.0 Å². The van der Waals surface area contributed by atoms with Crippen LogP contribution in [-0.2, 0) is 13.1 Å². The summed E-state index contributed by atoms with van der Waals surface area (Å²) in [6, 6.07) is 18.6. The van der Waals surface area contributed by atoms with E-state index in [1.807, 2.05) is 36.2 Å². The summed E-state index contributed by atoms with van der Waals surface area (Å²) in [5.41, 5.74) is 1.80. The Morgan fingerprint density at radius 2 is 1.75 bits per heavy atom. The van der Waals surface area contributed by atoms with Crippen LogP contribution in [0.5, 0.6) is 0 Å². The molecule has 0 fully saturated rings. The number of hydrogen-bond acceptors (Lipinski definition) is 4. The van der Waals surface area contributed by atoms with Gasteiger partial charge in [-0.3, -0.25) is 0 Å². The van der Waals surface area contributed by atoms with Gasteiger partial charge in [0.25, 0.3) is 0 Å². The monoisotopic (exact) mass is 322 g/mol. The summed E-state index contributed by atoms with van der Waals surface area (Å²) in [5.74, 6) is 1.07. The molecule has 0 radical (unpaired) electrons. The zero-order valence-electron chi connectivity index (χ0n) is 13.5. The Morgan fingerprint density at radius 1 is 1.00 bits per heavy atom. The Balaban J connectivity index is 1.66. The average molecular weight is 322 g/mol. The van der Waals surface area contributed by atoms with E-state index < -0.39 is 0 Å². The molecular formula is C19H19FN4. The number of nitrogens with zero attached hydrogens (tertiary/aromatic N) is 3. The quantitative estimate of drug-likeness (QED) is 0.748. The summed E-state index contributed by atoms with van der Waals surface area (Å²) in [6.45, 7) is 1.10. The minimum Gasteiger partial charge on any atom is -0.366 e. The summed E-state index contributed by atoms with van der Waals surface area (Å²) in [7, 11) is 1.95. The molecule has 0 unspecified atom stereocenters. The highest BCUT2D eigenvalue weighted by Gasteiger charge is 2.07. The van der Waals surface area contributed by atoms with Crippen molar-refractivity contribution in [1.29, 1.82) is 0 Å². The molecule has 0 saturated carbocycles. The Labute approximate surface area is 141 Å². The van der Waals surface area contributed by atoms with Gasteiger partial charge in [0.2, 0.25) is 5.95 Å². The van der Waals surface area contributed by atoms with Crippen LogP contribution in [0.2, 0.25) is 0 Å². The lowest BCUT2D eigenvalue weighted by molar-refractivity contribution is 0.613. The molecular weight excluding hydrogens is 303 g/mol. The number of nitrogens with one attached hydrogen (secondary N) is 1. The van der Waals surface area contributed by atoms with Gasteiger partial charge in [0.05, 0.1) is 0 Å². The summed E-state index contributed by atoms with van der Waals surface area (Å²) in [5, 5.41) is 3.14. The van der Waals surface area contributed by atoms with E-state index in [-0.39, 0.29) is 5.82 Å². The Morgan fingerprint density at radius 3 is 2.54 bits per heavy atom. The first-order valence-corrected chi connectivity index (χ1v) is 7.78. The fourth-order valence-corrected chi connectivity index (χ4v) is 2.39. The van der Waals surface area contributed by atoms with Crippen molar-refractivity contribution >= 4 is 11.8 Å². The molecule has 1 aromatic heterocycles. The lowest BCUT2D eigenvalue weighted by atomic mass is 10.2. The molecule has 5 heteroatoms. The third-order valence-electron chi connectivity index (χ3n) is 3.66. The van der Waals surface area contributed by atoms with Crippen LogP contribution in [0.4, 0.5) is 16.2 Å². The van der Waals surface area contributed by atoms with E-state index in [2.05, 4.69) is 27.4 Å². The second kappa shape index (κ2) is 7.55. The molecule has 2 aromatic carbocycles. The van der Waals surface area contributed by atoms with Gasteiger partial charge in [-0.1, -0.05) is 48.5 Å². The minimum atomic E-state index is -0.222. The van der Waals surface area contributed by atoms with Crippen molar-refractivity contribution in [2.45, 2.75) is 13.1 Å². The molecule has 1 N–H and O–H groups in total. The fourth-order valence-electron chi connectivity index (χ4n) is 2.39. The average Bonchev–Trinajstić information content (AvgIpc) is 2.62. The molecule has 0 aliphatic rings. The van der Waals surface area contributed by atoms with Gasteiger partial charge >= 0.3 is 0 Å². The Hall–Kier alpha value is -2.95. The highest BCUT2D eigenvalue weighted by molar-refractivity contribution is 5.42. The maximum Gasteiger partial charge on any atom is 0.227 e. The third kappa shape index (κ3) is 4.07. The molecule has 0 saturated heterocycles. The second-order valence-electron chi connectivity index (χ2n) is 5.53. The lowest BCUT2D eigenvalue weighted by Crippen LogP contribution is -2.19. The molecule has 1 heterocycles. The van der Waals surface area contributed by atoms with Crippen molar-refractivity contribution in [3.63, 3.8) is 0 Å². The van der Waals surface area contributed by atoms with Crippen molar-refractivity contribution in [2.75, 3.05) is 17.3 Å².